The van der Waals surface area contributed by atoms with Gasteiger partial charge in [-0.1, -0.05) is 12.8 Å². The van der Waals surface area contributed by atoms with Gasteiger partial charge in [-0.2, -0.15) is 0 Å². The summed E-state index contributed by atoms with van der Waals surface area (Å²) in [5, 5.41) is 5.19. The van der Waals surface area contributed by atoms with E-state index in [1.807, 2.05) is 0 Å². The van der Waals surface area contributed by atoms with E-state index < -0.39 is 18.0 Å². The van der Waals surface area contributed by atoms with Gasteiger partial charge in [0.1, 0.15) is 0 Å². The van der Waals surface area contributed by atoms with Gasteiger partial charge in [-0.25, -0.2) is 0 Å². The summed E-state index contributed by atoms with van der Waals surface area (Å²) < 4.78 is 0. The number of carbonyl (C=O) groups excluding carboxylic acids is 4. The number of piperidine rings is 1. The standard InChI is InChI=1S/C14H19N3O4/c18-11-6-5-9(13(20)16-11)15-10-7-12(19)17(14(10)21)8-3-1-2-4-8/h8-10,15H,1-7H2,(H,16,18,20). The molecular formula is C14H19N3O4. The summed E-state index contributed by atoms with van der Waals surface area (Å²) in [7, 11) is 0. The monoisotopic (exact) mass is 293 g/mol. The Bertz CT molecular complexity index is 498. The molecule has 4 amide bonds. The van der Waals surface area contributed by atoms with Crippen LogP contribution in [0.2, 0.25) is 0 Å². The molecule has 0 aromatic carbocycles. The smallest absolute Gasteiger partial charge is 0.247 e. The Morgan fingerprint density at radius 2 is 1.71 bits per heavy atom. The molecule has 7 nitrogen and oxygen atoms in total. The van der Waals surface area contributed by atoms with Gasteiger partial charge < -0.3 is 0 Å². The fourth-order valence-electron chi connectivity index (χ4n) is 3.42. The number of nitrogens with one attached hydrogen (secondary N) is 2. The minimum Gasteiger partial charge on any atom is -0.295 e. The van der Waals surface area contributed by atoms with E-state index in [0.717, 1.165) is 25.7 Å². The predicted octanol–water partition coefficient (Wildman–Crippen LogP) is -0.549. The minimum atomic E-state index is -0.637. The number of hydrogen-bond acceptors (Lipinski definition) is 5. The highest BCUT2D eigenvalue weighted by molar-refractivity contribution is 6.06. The van der Waals surface area contributed by atoms with Crippen LogP contribution < -0.4 is 10.6 Å². The van der Waals surface area contributed by atoms with Crippen LogP contribution in [0.3, 0.4) is 0 Å². The molecule has 2 unspecified atom stereocenters. The normalized spacial score (nSPS) is 31.1. The van der Waals surface area contributed by atoms with Gasteiger partial charge in [0, 0.05) is 12.5 Å². The van der Waals surface area contributed by atoms with E-state index in [0.29, 0.717) is 6.42 Å². The van der Waals surface area contributed by atoms with E-state index in [-0.39, 0.29) is 36.6 Å². The molecule has 2 heterocycles. The maximum absolute atomic E-state index is 12.4. The third-order valence-corrected chi connectivity index (χ3v) is 4.51. The van der Waals surface area contributed by atoms with Crippen LogP contribution in [0.4, 0.5) is 0 Å². The summed E-state index contributed by atoms with van der Waals surface area (Å²) in [5.41, 5.74) is 0. The maximum Gasteiger partial charge on any atom is 0.247 e. The fraction of sp³-hybridized carbons (Fsp3) is 0.714. The van der Waals surface area contributed by atoms with Gasteiger partial charge in [0.2, 0.25) is 23.6 Å². The summed E-state index contributed by atoms with van der Waals surface area (Å²) in [6, 6.07) is -1.19. The minimum absolute atomic E-state index is 0.0264. The Morgan fingerprint density at radius 3 is 2.38 bits per heavy atom. The molecule has 3 rings (SSSR count). The summed E-state index contributed by atoms with van der Waals surface area (Å²) in [4.78, 5) is 48.7. The molecule has 0 aromatic heterocycles. The Labute approximate surface area is 122 Å². The summed E-state index contributed by atoms with van der Waals surface area (Å²) in [5.74, 6) is -1.08. The molecule has 21 heavy (non-hydrogen) atoms. The average molecular weight is 293 g/mol. The second kappa shape index (κ2) is 5.55. The van der Waals surface area contributed by atoms with Crippen molar-refractivity contribution < 1.29 is 19.2 Å². The highest BCUT2D eigenvalue weighted by Gasteiger charge is 2.44. The van der Waals surface area contributed by atoms with Crippen LogP contribution in [0, 0.1) is 0 Å². The summed E-state index contributed by atoms with van der Waals surface area (Å²) in [6.45, 7) is 0. The van der Waals surface area contributed by atoms with E-state index in [9.17, 15) is 19.2 Å². The molecule has 2 saturated heterocycles. The summed E-state index contributed by atoms with van der Waals surface area (Å²) >= 11 is 0. The Kier molecular flexibility index (Phi) is 3.75. The first-order valence-corrected chi connectivity index (χ1v) is 7.52. The first-order chi connectivity index (χ1) is 10.1. The third kappa shape index (κ3) is 2.70. The van der Waals surface area contributed by atoms with Crippen molar-refractivity contribution in [3.05, 3.63) is 0 Å². The molecule has 2 N–H and O–H groups in total. The van der Waals surface area contributed by atoms with E-state index in [1.54, 1.807) is 0 Å². The van der Waals surface area contributed by atoms with Crippen LogP contribution in [0.15, 0.2) is 0 Å². The Hall–Kier alpha value is -1.76. The number of rotatable bonds is 3. The van der Waals surface area contributed by atoms with Crippen LogP contribution in [0.5, 0.6) is 0 Å². The van der Waals surface area contributed by atoms with Gasteiger partial charge in [0.15, 0.2) is 0 Å². The van der Waals surface area contributed by atoms with Crippen molar-refractivity contribution in [2.75, 3.05) is 0 Å². The van der Waals surface area contributed by atoms with E-state index in [1.165, 1.54) is 4.90 Å². The van der Waals surface area contributed by atoms with Crippen molar-refractivity contribution in [3.63, 3.8) is 0 Å². The lowest BCUT2D eigenvalue weighted by atomic mass is 10.0. The van der Waals surface area contributed by atoms with Crippen molar-refractivity contribution in [1.82, 2.24) is 15.5 Å². The topological polar surface area (TPSA) is 95.6 Å². The molecule has 7 heteroatoms. The Morgan fingerprint density at radius 1 is 1.00 bits per heavy atom. The third-order valence-electron chi connectivity index (χ3n) is 4.51. The van der Waals surface area contributed by atoms with Crippen molar-refractivity contribution in [2.45, 2.75) is 63.1 Å². The molecule has 1 saturated carbocycles. The second-order valence-corrected chi connectivity index (χ2v) is 5.97. The molecule has 3 fully saturated rings. The van der Waals surface area contributed by atoms with Crippen molar-refractivity contribution in [2.24, 2.45) is 0 Å². The van der Waals surface area contributed by atoms with E-state index >= 15 is 0 Å². The second-order valence-electron chi connectivity index (χ2n) is 5.97. The first-order valence-electron chi connectivity index (χ1n) is 7.52. The first kappa shape index (κ1) is 14.2. The molecule has 0 bridgehead atoms. The zero-order valence-electron chi connectivity index (χ0n) is 11.8. The zero-order valence-corrected chi connectivity index (χ0v) is 11.8. The molecule has 2 atom stereocenters. The van der Waals surface area contributed by atoms with Crippen LogP contribution in [-0.2, 0) is 19.2 Å². The molecule has 0 spiro atoms. The van der Waals surface area contributed by atoms with Crippen LogP contribution in [0.1, 0.15) is 44.9 Å². The number of hydrogen-bond donors (Lipinski definition) is 2. The zero-order chi connectivity index (χ0) is 15.0. The van der Waals surface area contributed by atoms with Gasteiger partial charge in [-0.15, -0.1) is 0 Å². The van der Waals surface area contributed by atoms with Crippen molar-refractivity contribution in [1.29, 1.82) is 0 Å². The van der Waals surface area contributed by atoms with E-state index in [4.69, 9.17) is 0 Å². The molecule has 3 aliphatic rings. The molecule has 1 aliphatic carbocycles. The van der Waals surface area contributed by atoms with Gasteiger partial charge in [0.05, 0.1) is 18.5 Å². The number of nitrogens with zero attached hydrogens (tertiary/aromatic N) is 1. The van der Waals surface area contributed by atoms with Crippen molar-refractivity contribution >= 4 is 23.6 Å². The molecule has 114 valence electrons. The van der Waals surface area contributed by atoms with Gasteiger partial charge in [-0.05, 0) is 19.3 Å². The summed E-state index contributed by atoms with van der Waals surface area (Å²) in [6.07, 6.45) is 4.58. The molecular weight excluding hydrogens is 274 g/mol. The Balaban J connectivity index is 1.64. The van der Waals surface area contributed by atoms with Gasteiger partial charge in [-0.3, -0.25) is 34.7 Å². The van der Waals surface area contributed by atoms with Crippen LogP contribution in [0.25, 0.3) is 0 Å². The van der Waals surface area contributed by atoms with E-state index in [2.05, 4.69) is 10.6 Å². The van der Waals surface area contributed by atoms with Gasteiger partial charge >= 0.3 is 0 Å². The average Bonchev–Trinajstić information content (AvgIpc) is 3.02. The highest BCUT2D eigenvalue weighted by Crippen LogP contribution is 2.28. The molecule has 2 aliphatic heterocycles. The van der Waals surface area contributed by atoms with Crippen LogP contribution in [-0.4, -0.2) is 46.7 Å². The quantitative estimate of drug-likeness (QED) is 0.681. The predicted molar refractivity (Wildman–Crippen MR) is 71.8 cm³/mol. The largest absolute Gasteiger partial charge is 0.295 e. The van der Waals surface area contributed by atoms with Gasteiger partial charge in [0.25, 0.3) is 0 Å². The van der Waals surface area contributed by atoms with Crippen molar-refractivity contribution in [3.8, 4) is 0 Å². The number of likely N-dealkylation sites (tertiary alicyclic amines) is 1. The number of amides is 4. The maximum atomic E-state index is 12.4. The molecule has 0 aromatic rings. The SMILES string of the molecule is O=C1CCC(NC2CC(=O)N(C3CCCC3)C2=O)C(=O)N1. The molecule has 0 radical (unpaired) electrons. The lowest BCUT2D eigenvalue weighted by Crippen LogP contribution is -2.55. The fourth-order valence-corrected chi connectivity index (χ4v) is 3.42. The highest BCUT2D eigenvalue weighted by atomic mass is 16.2. The lowest BCUT2D eigenvalue weighted by molar-refractivity contribution is -0.141. The lowest BCUT2D eigenvalue weighted by Gasteiger charge is -2.25. The number of imide groups is 2. The van der Waals surface area contributed by atoms with Crippen LogP contribution >= 0.6 is 0 Å². The number of carbonyl (C=O) groups is 4.